The molecule has 230 valence electrons. The van der Waals surface area contributed by atoms with Crippen LogP contribution in [0.15, 0.2) is 119 Å². The number of aryl methyl sites for hydroxylation is 1. The lowest BCUT2D eigenvalue weighted by Gasteiger charge is -2.34. The zero-order valence-electron chi connectivity index (χ0n) is 25.2. The topological polar surface area (TPSA) is 86.8 Å². The van der Waals surface area contributed by atoms with Gasteiger partial charge in [0.15, 0.2) is 0 Å². The third-order valence-corrected chi connectivity index (χ3v) is 9.86. The number of amides is 2. The van der Waals surface area contributed by atoms with Crippen molar-refractivity contribution >= 4 is 43.5 Å². The minimum absolute atomic E-state index is 0.0635. The van der Waals surface area contributed by atoms with Gasteiger partial charge in [0.25, 0.3) is 10.0 Å². The smallest absolute Gasteiger partial charge is 0.264 e. The Hall–Kier alpha value is -3.95. The van der Waals surface area contributed by atoms with Crippen molar-refractivity contribution in [3.63, 3.8) is 0 Å². The molecule has 0 aliphatic carbocycles. The van der Waals surface area contributed by atoms with E-state index in [1.165, 1.54) is 17.0 Å². The van der Waals surface area contributed by atoms with Gasteiger partial charge < -0.3 is 10.2 Å². The van der Waals surface area contributed by atoms with Crippen LogP contribution in [0.5, 0.6) is 0 Å². The normalized spacial score (nSPS) is 12.6. The van der Waals surface area contributed by atoms with Crippen LogP contribution in [0, 0.1) is 6.92 Å². The highest BCUT2D eigenvalue weighted by atomic mass is 79.9. The van der Waals surface area contributed by atoms with Crippen molar-refractivity contribution in [2.45, 2.75) is 57.1 Å². The van der Waals surface area contributed by atoms with Crippen LogP contribution >= 0.6 is 15.9 Å². The fourth-order valence-electron chi connectivity index (χ4n) is 4.85. The molecular formula is C35H38BrN3O4S. The van der Waals surface area contributed by atoms with Gasteiger partial charge in [-0.1, -0.05) is 102 Å². The molecule has 0 spiro atoms. The molecule has 4 aromatic carbocycles. The summed E-state index contributed by atoms with van der Waals surface area (Å²) < 4.78 is 29.9. The summed E-state index contributed by atoms with van der Waals surface area (Å²) in [5.41, 5.74) is 3.05. The summed E-state index contributed by atoms with van der Waals surface area (Å²) in [7, 11) is -4.14. The quantitative estimate of drug-likeness (QED) is 0.175. The van der Waals surface area contributed by atoms with Crippen LogP contribution in [0.25, 0.3) is 0 Å². The molecule has 2 amide bonds. The first kappa shape index (κ1) is 33.0. The SMILES string of the molecule is CC[C@H](C)NC(=O)[C@@H](Cc1ccccc1)N(Cc1ccccc1C)C(=O)CN(c1cccc(Br)c1)S(=O)(=O)c1ccccc1. The highest BCUT2D eigenvalue weighted by molar-refractivity contribution is 9.10. The summed E-state index contributed by atoms with van der Waals surface area (Å²) in [6.07, 6.45) is 0.991. The number of hydrogen-bond donors (Lipinski definition) is 1. The Morgan fingerprint density at radius 2 is 1.50 bits per heavy atom. The van der Waals surface area contributed by atoms with Gasteiger partial charge in [-0.25, -0.2) is 8.42 Å². The largest absolute Gasteiger partial charge is 0.352 e. The second kappa shape index (κ2) is 15.2. The molecule has 9 heteroatoms. The number of rotatable bonds is 13. The number of nitrogens with one attached hydrogen (secondary N) is 1. The Bertz CT molecular complexity index is 1670. The third kappa shape index (κ3) is 8.36. The van der Waals surface area contributed by atoms with Gasteiger partial charge >= 0.3 is 0 Å². The molecule has 0 unspecified atom stereocenters. The Labute approximate surface area is 269 Å². The molecule has 0 bridgehead atoms. The minimum Gasteiger partial charge on any atom is -0.352 e. The van der Waals surface area contributed by atoms with Crippen molar-refractivity contribution in [1.82, 2.24) is 10.2 Å². The van der Waals surface area contributed by atoms with Crippen LogP contribution in [-0.2, 0) is 32.6 Å². The molecule has 2 atom stereocenters. The molecule has 4 aromatic rings. The maximum atomic E-state index is 14.5. The molecule has 0 aliphatic heterocycles. The third-order valence-electron chi connectivity index (χ3n) is 7.58. The summed E-state index contributed by atoms with van der Waals surface area (Å²) in [6.45, 7) is 5.50. The van der Waals surface area contributed by atoms with Crippen molar-refractivity contribution in [3.05, 3.63) is 130 Å². The van der Waals surface area contributed by atoms with E-state index in [1.807, 2.05) is 75.4 Å². The molecule has 1 N–H and O–H groups in total. The lowest BCUT2D eigenvalue weighted by Crippen LogP contribution is -2.54. The number of carbonyl (C=O) groups is 2. The molecule has 0 aliphatic rings. The minimum atomic E-state index is -4.14. The molecule has 0 heterocycles. The number of carbonyl (C=O) groups excluding carboxylic acids is 2. The van der Waals surface area contributed by atoms with Crippen LogP contribution in [-0.4, -0.2) is 43.8 Å². The van der Waals surface area contributed by atoms with E-state index in [2.05, 4.69) is 21.2 Å². The Morgan fingerprint density at radius 1 is 0.864 bits per heavy atom. The van der Waals surface area contributed by atoms with Gasteiger partial charge in [0.1, 0.15) is 12.6 Å². The van der Waals surface area contributed by atoms with Gasteiger partial charge in [-0.3, -0.25) is 13.9 Å². The maximum absolute atomic E-state index is 14.5. The Morgan fingerprint density at radius 3 is 2.14 bits per heavy atom. The molecule has 0 aromatic heterocycles. The summed E-state index contributed by atoms with van der Waals surface area (Å²) in [4.78, 5) is 30.0. The first-order chi connectivity index (χ1) is 21.1. The number of benzene rings is 4. The summed E-state index contributed by atoms with van der Waals surface area (Å²) in [5, 5.41) is 3.06. The second-order valence-electron chi connectivity index (χ2n) is 10.8. The zero-order valence-corrected chi connectivity index (χ0v) is 27.6. The fraction of sp³-hybridized carbons (Fsp3) is 0.257. The summed E-state index contributed by atoms with van der Waals surface area (Å²) in [5.74, 6) is -0.780. The van der Waals surface area contributed by atoms with E-state index >= 15 is 0 Å². The van der Waals surface area contributed by atoms with Gasteiger partial charge in [0.05, 0.1) is 10.6 Å². The number of nitrogens with zero attached hydrogens (tertiary/aromatic N) is 2. The van der Waals surface area contributed by atoms with E-state index in [9.17, 15) is 18.0 Å². The molecule has 0 saturated carbocycles. The van der Waals surface area contributed by atoms with Crippen LogP contribution in [0.3, 0.4) is 0 Å². The number of anilines is 1. The molecular weight excluding hydrogens is 638 g/mol. The van der Waals surface area contributed by atoms with Gasteiger partial charge in [0, 0.05) is 23.5 Å². The monoisotopic (exact) mass is 675 g/mol. The van der Waals surface area contributed by atoms with Gasteiger partial charge in [-0.15, -0.1) is 0 Å². The predicted octanol–water partition coefficient (Wildman–Crippen LogP) is 6.51. The molecule has 0 radical (unpaired) electrons. The molecule has 0 saturated heterocycles. The first-order valence-electron chi connectivity index (χ1n) is 14.6. The summed E-state index contributed by atoms with van der Waals surface area (Å²) >= 11 is 3.44. The molecule has 4 rings (SSSR count). The second-order valence-corrected chi connectivity index (χ2v) is 13.6. The highest BCUT2D eigenvalue weighted by Gasteiger charge is 2.35. The van der Waals surface area contributed by atoms with Gasteiger partial charge in [-0.05, 0) is 67.3 Å². The van der Waals surface area contributed by atoms with Crippen LogP contribution in [0.1, 0.15) is 37.0 Å². The predicted molar refractivity (Wildman–Crippen MR) is 179 cm³/mol. The highest BCUT2D eigenvalue weighted by Crippen LogP contribution is 2.27. The van der Waals surface area contributed by atoms with Crippen LogP contribution in [0.2, 0.25) is 0 Å². The Kier molecular flexibility index (Phi) is 11.4. The van der Waals surface area contributed by atoms with Crippen molar-refractivity contribution in [3.8, 4) is 0 Å². The van der Waals surface area contributed by atoms with Crippen molar-refractivity contribution in [1.29, 1.82) is 0 Å². The van der Waals surface area contributed by atoms with Gasteiger partial charge in [0.2, 0.25) is 11.8 Å². The van der Waals surface area contributed by atoms with Crippen molar-refractivity contribution in [2.75, 3.05) is 10.8 Å². The fourth-order valence-corrected chi connectivity index (χ4v) is 6.66. The average Bonchev–Trinajstić information content (AvgIpc) is 3.03. The standard InChI is InChI=1S/C35H38BrN3O4S/c1-4-27(3)37-35(41)33(22-28-15-7-5-8-16-28)38(24-29-17-12-11-14-26(29)2)34(40)25-39(31-19-13-18-30(36)23-31)44(42,43)32-20-9-6-10-21-32/h5-21,23,27,33H,4,22,24-25H2,1-3H3,(H,37,41)/t27-,33+/m0/s1. The van der Waals surface area contributed by atoms with Crippen LogP contribution in [0.4, 0.5) is 5.69 Å². The van der Waals surface area contributed by atoms with E-state index < -0.39 is 28.5 Å². The van der Waals surface area contributed by atoms with E-state index in [0.717, 1.165) is 27.4 Å². The van der Waals surface area contributed by atoms with E-state index in [0.29, 0.717) is 10.2 Å². The maximum Gasteiger partial charge on any atom is 0.264 e. The lowest BCUT2D eigenvalue weighted by atomic mass is 10.0. The molecule has 44 heavy (non-hydrogen) atoms. The average molecular weight is 677 g/mol. The lowest BCUT2D eigenvalue weighted by molar-refractivity contribution is -0.140. The summed E-state index contributed by atoms with van der Waals surface area (Å²) in [6, 6.07) is 31.1. The van der Waals surface area contributed by atoms with Crippen molar-refractivity contribution in [2.24, 2.45) is 0 Å². The molecule has 0 fully saturated rings. The van der Waals surface area contributed by atoms with E-state index in [4.69, 9.17) is 0 Å². The number of hydrogen-bond acceptors (Lipinski definition) is 4. The van der Waals surface area contributed by atoms with Crippen molar-refractivity contribution < 1.29 is 18.0 Å². The molecule has 7 nitrogen and oxygen atoms in total. The Balaban J connectivity index is 1.81. The van der Waals surface area contributed by atoms with E-state index in [1.54, 1.807) is 42.5 Å². The first-order valence-corrected chi connectivity index (χ1v) is 16.8. The van der Waals surface area contributed by atoms with E-state index in [-0.39, 0.29) is 29.8 Å². The van der Waals surface area contributed by atoms with Gasteiger partial charge in [-0.2, -0.15) is 0 Å². The number of halogens is 1. The zero-order chi connectivity index (χ0) is 31.7. The van der Waals surface area contributed by atoms with Crippen LogP contribution < -0.4 is 9.62 Å². The number of sulfonamides is 1.